The van der Waals surface area contributed by atoms with E-state index in [-0.39, 0.29) is 17.9 Å². The third-order valence-electron chi connectivity index (χ3n) is 3.55. The van der Waals surface area contributed by atoms with Crippen molar-refractivity contribution in [1.82, 2.24) is 16.0 Å². The van der Waals surface area contributed by atoms with Crippen LogP contribution in [0.2, 0.25) is 0 Å². The average molecular weight is 269 g/mol. The molecule has 19 heavy (non-hydrogen) atoms. The summed E-state index contributed by atoms with van der Waals surface area (Å²) in [6, 6.07) is 0.232. The molecule has 5 heteroatoms. The quantitative estimate of drug-likeness (QED) is 0.640. The lowest BCUT2D eigenvalue weighted by molar-refractivity contribution is -0.123. The fraction of sp³-hybridized carbons (Fsp3) is 0.857. The maximum absolute atomic E-state index is 11.8. The molecule has 0 bridgehead atoms. The highest BCUT2D eigenvalue weighted by Gasteiger charge is 2.22. The van der Waals surface area contributed by atoms with Gasteiger partial charge < -0.3 is 16.0 Å². The van der Waals surface area contributed by atoms with Gasteiger partial charge in [-0.2, -0.15) is 0 Å². The van der Waals surface area contributed by atoms with Gasteiger partial charge in [0.15, 0.2) is 0 Å². The van der Waals surface area contributed by atoms with E-state index in [0.717, 1.165) is 32.5 Å². The highest BCUT2D eigenvalue weighted by atomic mass is 16.2. The molecule has 0 aromatic carbocycles. The molecule has 5 nitrogen and oxygen atoms in total. The van der Waals surface area contributed by atoms with Crippen molar-refractivity contribution < 1.29 is 9.59 Å². The summed E-state index contributed by atoms with van der Waals surface area (Å²) in [5.41, 5.74) is 0. The van der Waals surface area contributed by atoms with Crippen LogP contribution < -0.4 is 16.0 Å². The van der Waals surface area contributed by atoms with Crippen LogP contribution in [0.5, 0.6) is 0 Å². The molecule has 0 aromatic rings. The highest BCUT2D eigenvalue weighted by molar-refractivity contribution is 5.79. The minimum atomic E-state index is 0.0438. The summed E-state index contributed by atoms with van der Waals surface area (Å²) in [6.07, 6.45) is 3.54. The number of amides is 2. The van der Waals surface area contributed by atoms with Crippen molar-refractivity contribution >= 4 is 11.8 Å². The summed E-state index contributed by atoms with van der Waals surface area (Å²) < 4.78 is 0. The Morgan fingerprint density at radius 1 is 1.26 bits per heavy atom. The van der Waals surface area contributed by atoms with Crippen LogP contribution in [0.25, 0.3) is 0 Å². The summed E-state index contributed by atoms with van der Waals surface area (Å²) in [5, 5.41) is 9.16. The first-order chi connectivity index (χ1) is 9.13. The zero-order chi connectivity index (χ0) is 14.1. The lowest BCUT2D eigenvalue weighted by Gasteiger charge is -2.30. The topological polar surface area (TPSA) is 70.2 Å². The van der Waals surface area contributed by atoms with Gasteiger partial charge >= 0.3 is 0 Å². The SMILES string of the molecule is CCCNC(=O)CCCC(=O)NC1CNCCC1C. The van der Waals surface area contributed by atoms with Gasteiger partial charge in [0.05, 0.1) is 0 Å². The van der Waals surface area contributed by atoms with Crippen LogP contribution in [0.3, 0.4) is 0 Å². The van der Waals surface area contributed by atoms with Crippen LogP contribution in [-0.2, 0) is 9.59 Å². The molecule has 1 saturated heterocycles. The van der Waals surface area contributed by atoms with Crippen LogP contribution in [0, 0.1) is 5.92 Å². The molecule has 3 N–H and O–H groups in total. The minimum Gasteiger partial charge on any atom is -0.356 e. The molecule has 1 rings (SSSR count). The molecule has 0 aliphatic carbocycles. The fourth-order valence-electron chi connectivity index (χ4n) is 2.22. The van der Waals surface area contributed by atoms with Crippen molar-refractivity contribution in [2.75, 3.05) is 19.6 Å². The van der Waals surface area contributed by atoms with Crippen molar-refractivity contribution in [3.05, 3.63) is 0 Å². The highest BCUT2D eigenvalue weighted by Crippen LogP contribution is 2.11. The molecule has 0 spiro atoms. The number of piperidine rings is 1. The molecule has 1 fully saturated rings. The molecule has 2 atom stereocenters. The van der Waals surface area contributed by atoms with E-state index < -0.39 is 0 Å². The molecule has 1 aliphatic heterocycles. The van der Waals surface area contributed by atoms with Crippen LogP contribution in [0.4, 0.5) is 0 Å². The van der Waals surface area contributed by atoms with Crippen LogP contribution >= 0.6 is 0 Å². The Kier molecular flexibility index (Phi) is 7.48. The fourth-order valence-corrected chi connectivity index (χ4v) is 2.22. The first-order valence-electron chi connectivity index (χ1n) is 7.40. The van der Waals surface area contributed by atoms with Gasteiger partial charge in [-0.25, -0.2) is 0 Å². The van der Waals surface area contributed by atoms with Crippen molar-refractivity contribution in [2.45, 2.75) is 52.0 Å². The van der Waals surface area contributed by atoms with Gasteiger partial charge in [-0.3, -0.25) is 9.59 Å². The average Bonchev–Trinajstić information content (AvgIpc) is 2.39. The van der Waals surface area contributed by atoms with E-state index in [1.165, 1.54) is 0 Å². The lowest BCUT2D eigenvalue weighted by Crippen LogP contribution is -2.50. The third kappa shape index (κ3) is 6.57. The Morgan fingerprint density at radius 3 is 2.68 bits per heavy atom. The molecule has 1 aliphatic rings. The molecule has 2 unspecified atom stereocenters. The van der Waals surface area contributed by atoms with Crippen molar-refractivity contribution in [3.63, 3.8) is 0 Å². The van der Waals surface area contributed by atoms with Gasteiger partial charge in [0, 0.05) is 32.0 Å². The van der Waals surface area contributed by atoms with Crippen LogP contribution in [-0.4, -0.2) is 37.5 Å². The van der Waals surface area contributed by atoms with Gasteiger partial charge in [0.25, 0.3) is 0 Å². The number of carbonyl (C=O) groups is 2. The van der Waals surface area contributed by atoms with E-state index in [0.29, 0.717) is 25.2 Å². The molecule has 2 amide bonds. The maximum Gasteiger partial charge on any atom is 0.220 e. The number of carbonyl (C=O) groups excluding carboxylic acids is 2. The van der Waals surface area contributed by atoms with E-state index in [1.54, 1.807) is 0 Å². The Morgan fingerprint density at radius 2 is 2.00 bits per heavy atom. The normalized spacial score (nSPS) is 22.8. The van der Waals surface area contributed by atoms with E-state index in [2.05, 4.69) is 22.9 Å². The summed E-state index contributed by atoms with van der Waals surface area (Å²) in [7, 11) is 0. The Bertz CT molecular complexity index is 294. The molecule has 0 saturated carbocycles. The van der Waals surface area contributed by atoms with Gasteiger partial charge in [-0.15, -0.1) is 0 Å². The van der Waals surface area contributed by atoms with Gasteiger partial charge in [0.2, 0.25) is 11.8 Å². The second-order valence-corrected chi connectivity index (χ2v) is 5.35. The van der Waals surface area contributed by atoms with Crippen LogP contribution in [0.15, 0.2) is 0 Å². The standard InChI is InChI=1S/C14H27N3O2/c1-3-8-16-13(18)5-4-6-14(19)17-12-10-15-9-7-11(12)2/h11-12,15H,3-10H2,1-2H3,(H,16,18)(H,17,19). The van der Waals surface area contributed by atoms with Crippen LogP contribution in [0.1, 0.15) is 46.0 Å². The van der Waals surface area contributed by atoms with Gasteiger partial charge in [0.1, 0.15) is 0 Å². The molecule has 0 aromatic heterocycles. The predicted octanol–water partition coefficient (Wildman–Crippen LogP) is 0.797. The Labute approximate surface area is 115 Å². The zero-order valence-corrected chi connectivity index (χ0v) is 12.1. The smallest absolute Gasteiger partial charge is 0.220 e. The lowest BCUT2D eigenvalue weighted by atomic mass is 9.94. The second-order valence-electron chi connectivity index (χ2n) is 5.35. The molecular formula is C14H27N3O2. The van der Waals surface area contributed by atoms with E-state index in [4.69, 9.17) is 0 Å². The summed E-state index contributed by atoms with van der Waals surface area (Å²) in [4.78, 5) is 23.2. The number of rotatable bonds is 7. The van der Waals surface area contributed by atoms with E-state index in [1.807, 2.05) is 6.92 Å². The first-order valence-corrected chi connectivity index (χ1v) is 7.40. The second kappa shape index (κ2) is 8.91. The number of nitrogens with one attached hydrogen (secondary N) is 3. The molecule has 110 valence electrons. The van der Waals surface area contributed by atoms with Gasteiger partial charge in [-0.05, 0) is 31.7 Å². The first kappa shape index (κ1) is 16.0. The largest absolute Gasteiger partial charge is 0.356 e. The summed E-state index contributed by atoms with van der Waals surface area (Å²) >= 11 is 0. The summed E-state index contributed by atoms with van der Waals surface area (Å²) in [6.45, 7) is 6.79. The zero-order valence-electron chi connectivity index (χ0n) is 12.1. The van der Waals surface area contributed by atoms with Crippen molar-refractivity contribution in [2.24, 2.45) is 5.92 Å². The molecular weight excluding hydrogens is 242 g/mol. The van der Waals surface area contributed by atoms with Crippen molar-refractivity contribution in [1.29, 1.82) is 0 Å². The maximum atomic E-state index is 11.8. The third-order valence-corrected chi connectivity index (χ3v) is 3.55. The van der Waals surface area contributed by atoms with Gasteiger partial charge in [-0.1, -0.05) is 13.8 Å². The van der Waals surface area contributed by atoms with E-state index in [9.17, 15) is 9.59 Å². The Balaban J connectivity index is 2.12. The molecule has 0 radical (unpaired) electrons. The minimum absolute atomic E-state index is 0.0438. The number of hydrogen-bond acceptors (Lipinski definition) is 3. The van der Waals surface area contributed by atoms with Crippen molar-refractivity contribution in [3.8, 4) is 0 Å². The number of hydrogen-bond donors (Lipinski definition) is 3. The Hall–Kier alpha value is -1.10. The predicted molar refractivity (Wildman–Crippen MR) is 75.7 cm³/mol. The monoisotopic (exact) mass is 269 g/mol. The van der Waals surface area contributed by atoms with E-state index >= 15 is 0 Å². The summed E-state index contributed by atoms with van der Waals surface area (Å²) in [5.74, 6) is 0.629. The molecule has 1 heterocycles.